The normalized spacial score (nSPS) is 17.3. The predicted octanol–water partition coefficient (Wildman–Crippen LogP) is 2.53. The molecule has 2 aromatic rings. The smallest absolute Gasteiger partial charge is 0.244 e. The van der Waals surface area contributed by atoms with Gasteiger partial charge in [0.15, 0.2) is 5.13 Å². The number of nitrogens with one attached hydrogen (secondary N) is 3. The van der Waals surface area contributed by atoms with Gasteiger partial charge in [0.2, 0.25) is 21.8 Å². The van der Waals surface area contributed by atoms with Crippen LogP contribution in [0.25, 0.3) is 0 Å². The van der Waals surface area contributed by atoms with Crippen LogP contribution in [-0.2, 0) is 32.5 Å². The van der Waals surface area contributed by atoms with E-state index in [0.29, 0.717) is 16.7 Å². The van der Waals surface area contributed by atoms with E-state index in [1.54, 1.807) is 0 Å². The summed E-state index contributed by atoms with van der Waals surface area (Å²) < 4.78 is 27.4. The molecule has 3 rings (SSSR count). The van der Waals surface area contributed by atoms with Gasteiger partial charge in [-0.15, -0.1) is 11.3 Å². The van der Waals surface area contributed by atoms with Crippen LogP contribution in [0, 0.1) is 5.92 Å². The van der Waals surface area contributed by atoms with Gasteiger partial charge in [-0.05, 0) is 56.4 Å². The summed E-state index contributed by atoms with van der Waals surface area (Å²) in [5.74, 6) is -0.112. The van der Waals surface area contributed by atoms with Crippen LogP contribution in [0.5, 0.6) is 0 Å². The van der Waals surface area contributed by atoms with E-state index in [1.165, 1.54) is 54.3 Å². The van der Waals surface area contributed by atoms with Crippen molar-refractivity contribution in [1.82, 2.24) is 9.71 Å². The van der Waals surface area contributed by atoms with Gasteiger partial charge in [-0.3, -0.25) is 9.59 Å². The highest BCUT2D eigenvalue weighted by Crippen LogP contribution is 2.32. The number of aryl methyl sites for hydroxylation is 1. The fourth-order valence-corrected chi connectivity index (χ4v) is 5.46. The summed E-state index contributed by atoms with van der Waals surface area (Å²) in [4.78, 5) is 29.2. The summed E-state index contributed by atoms with van der Waals surface area (Å²) in [7, 11) is -3.89. The number of anilines is 2. The summed E-state index contributed by atoms with van der Waals surface area (Å²) in [5.41, 5.74) is 1.51. The lowest BCUT2D eigenvalue weighted by molar-refractivity contribution is -0.117. The van der Waals surface area contributed by atoms with E-state index in [0.717, 1.165) is 25.0 Å². The number of carbonyl (C=O) groups excluding carboxylic acids is 2. The Bertz CT molecular complexity index is 1020. The summed E-state index contributed by atoms with van der Waals surface area (Å²) in [6.45, 7) is 5.04. The topological polar surface area (TPSA) is 117 Å². The second-order valence-electron chi connectivity index (χ2n) is 7.27. The minimum atomic E-state index is -3.89. The quantitative estimate of drug-likeness (QED) is 0.643. The lowest BCUT2D eigenvalue weighted by atomic mass is 9.93. The molecule has 0 fully saturated rings. The Morgan fingerprint density at radius 3 is 2.55 bits per heavy atom. The number of thiazole rings is 1. The van der Waals surface area contributed by atoms with Crippen LogP contribution in [0.4, 0.5) is 10.8 Å². The minimum absolute atomic E-state index is 0.00459. The van der Waals surface area contributed by atoms with Crippen LogP contribution < -0.4 is 15.4 Å². The predicted molar refractivity (Wildman–Crippen MR) is 112 cm³/mol. The summed E-state index contributed by atoms with van der Waals surface area (Å²) in [6.07, 6.45) is 2.94. The van der Waals surface area contributed by atoms with Gasteiger partial charge in [-0.2, -0.15) is 4.72 Å². The lowest BCUT2D eigenvalue weighted by Gasteiger charge is -2.15. The molecule has 0 spiro atoms. The van der Waals surface area contributed by atoms with E-state index in [-0.39, 0.29) is 10.8 Å². The maximum Gasteiger partial charge on any atom is 0.244 e. The molecule has 1 aromatic heterocycles. The molecule has 29 heavy (non-hydrogen) atoms. The SMILES string of the molecule is CC(=O)Nc1ccc(S(=O)(=O)N[C@@H](C)C(=O)Nc2nc3c(s2)C[C@@H](C)CC3)cc1. The van der Waals surface area contributed by atoms with Gasteiger partial charge in [-0.25, -0.2) is 13.4 Å². The molecule has 2 atom stereocenters. The Balaban J connectivity index is 1.63. The first-order valence-corrected chi connectivity index (χ1v) is 11.6. The van der Waals surface area contributed by atoms with Gasteiger partial charge < -0.3 is 10.6 Å². The molecule has 3 N–H and O–H groups in total. The first kappa shape index (κ1) is 21.4. The Hall–Kier alpha value is -2.30. The van der Waals surface area contributed by atoms with E-state index in [9.17, 15) is 18.0 Å². The van der Waals surface area contributed by atoms with Gasteiger partial charge in [-0.1, -0.05) is 6.92 Å². The van der Waals surface area contributed by atoms with Crippen LogP contribution in [0.3, 0.4) is 0 Å². The van der Waals surface area contributed by atoms with Crippen LogP contribution in [0.2, 0.25) is 0 Å². The Morgan fingerprint density at radius 1 is 1.21 bits per heavy atom. The molecule has 1 heterocycles. The molecule has 1 aliphatic rings. The number of carbonyl (C=O) groups is 2. The minimum Gasteiger partial charge on any atom is -0.326 e. The number of hydrogen-bond donors (Lipinski definition) is 3. The van der Waals surface area contributed by atoms with Crippen molar-refractivity contribution in [3.05, 3.63) is 34.8 Å². The third-order valence-corrected chi connectivity index (χ3v) is 7.22. The molecule has 156 valence electrons. The molecule has 1 aliphatic carbocycles. The molecular formula is C19H24N4O4S2. The number of nitrogens with zero attached hydrogens (tertiary/aromatic N) is 1. The third kappa shape index (κ3) is 5.40. The highest BCUT2D eigenvalue weighted by Gasteiger charge is 2.24. The van der Waals surface area contributed by atoms with Crippen molar-refractivity contribution in [2.45, 2.75) is 51.0 Å². The van der Waals surface area contributed by atoms with Crippen molar-refractivity contribution in [1.29, 1.82) is 0 Å². The highest BCUT2D eigenvalue weighted by atomic mass is 32.2. The van der Waals surface area contributed by atoms with Gasteiger partial charge in [0.25, 0.3) is 0 Å². The van der Waals surface area contributed by atoms with Crippen LogP contribution >= 0.6 is 11.3 Å². The zero-order valence-corrected chi connectivity index (χ0v) is 18.1. The molecule has 2 amide bonds. The van der Waals surface area contributed by atoms with Gasteiger partial charge in [0.05, 0.1) is 16.6 Å². The van der Waals surface area contributed by atoms with Crippen LogP contribution in [0.1, 0.15) is 37.8 Å². The van der Waals surface area contributed by atoms with Crippen molar-refractivity contribution in [2.24, 2.45) is 5.92 Å². The van der Waals surface area contributed by atoms with Gasteiger partial charge >= 0.3 is 0 Å². The van der Waals surface area contributed by atoms with Crippen molar-refractivity contribution >= 4 is 44.0 Å². The number of aromatic nitrogens is 1. The summed E-state index contributed by atoms with van der Waals surface area (Å²) in [6, 6.07) is 4.74. The maximum atomic E-state index is 12.5. The number of sulfonamides is 1. The maximum absolute atomic E-state index is 12.5. The molecule has 0 bridgehead atoms. The van der Waals surface area contributed by atoms with Crippen molar-refractivity contribution in [3.63, 3.8) is 0 Å². The van der Waals surface area contributed by atoms with Gasteiger partial charge in [0, 0.05) is 17.5 Å². The Morgan fingerprint density at radius 2 is 1.90 bits per heavy atom. The molecule has 10 heteroatoms. The van der Waals surface area contributed by atoms with Gasteiger partial charge in [0.1, 0.15) is 0 Å². The zero-order chi connectivity index (χ0) is 21.2. The Labute approximate surface area is 174 Å². The number of amides is 2. The van der Waals surface area contributed by atoms with E-state index in [4.69, 9.17) is 0 Å². The van der Waals surface area contributed by atoms with E-state index >= 15 is 0 Å². The molecular weight excluding hydrogens is 412 g/mol. The first-order chi connectivity index (χ1) is 13.6. The second kappa shape index (κ2) is 8.60. The largest absolute Gasteiger partial charge is 0.326 e. The molecule has 8 nitrogen and oxygen atoms in total. The molecule has 0 unspecified atom stereocenters. The molecule has 0 saturated heterocycles. The van der Waals surface area contributed by atoms with Crippen molar-refractivity contribution < 1.29 is 18.0 Å². The van der Waals surface area contributed by atoms with E-state index in [1.807, 2.05) is 0 Å². The molecule has 0 aliphatic heterocycles. The fourth-order valence-electron chi connectivity index (χ4n) is 3.08. The van der Waals surface area contributed by atoms with Crippen molar-refractivity contribution in [3.8, 4) is 0 Å². The second-order valence-corrected chi connectivity index (χ2v) is 10.1. The van der Waals surface area contributed by atoms with Crippen LogP contribution in [0.15, 0.2) is 29.2 Å². The van der Waals surface area contributed by atoms with Crippen molar-refractivity contribution in [2.75, 3.05) is 10.6 Å². The third-order valence-electron chi connectivity index (χ3n) is 4.63. The van der Waals surface area contributed by atoms with E-state index < -0.39 is 22.0 Å². The number of hydrogen-bond acceptors (Lipinski definition) is 6. The van der Waals surface area contributed by atoms with Crippen LogP contribution in [-0.4, -0.2) is 31.3 Å². The lowest BCUT2D eigenvalue weighted by Crippen LogP contribution is -2.41. The summed E-state index contributed by atoms with van der Waals surface area (Å²) in [5, 5.41) is 5.78. The first-order valence-electron chi connectivity index (χ1n) is 9.33. The fraction of sp³-hybridized carbons (Fsp3) is 0.421. The molecule has 1 aromatic carbocycles. The number of benzene rings is 1. The average Bonchev–Trinajstić information content (AvgIpc) is 3.02. The molecule has 0 radical (unpaired) electrons. The van der Waals surface area contributed by atoms with E-state index in [2.05, 4.69) is 27.3 Å². The summed E-state index contributed by atoms with van der Waals surface area (Å²) >= 11 is 1.45. The highest BCUT2D eigenvalue weighted by molar-refractivity contribution is 7.89. The standard InChI is InChI=1S/C19H24N4O4S2/c1-11-4-9-16-17(10-11)28-19(21-16)22-18(25)12(2)23-29(26,27)15-7-5-14(6-8-15)20-13(3)24/h5-8,11-12,23H,4,9-10H2,1-3H3,(H,20,24)(H,21,22,25)/t11-,12-/m0/s1. The monoisotopic (exact) mass is 436 g/mol. The molecule has 0 saturated carbocycles. The zero-order valence-electron chi connectivity index (χ0n) is 16.5. The number of fused-ring (bicyclic) bond motifs is 1. The average molecular weight is 437 g/mol. The Kier molecular flexibility index (Phi) is 6.35. The number of rotatable bonds is 6.